The van der Waals surface area contributed by atoms with Crippen LogP contribution in [0.2, 0.25) is 0 Å². The molecule has 5 heteroatoms. The van der Waals surface area contributed by atoms with Gasteiger partial charge >= 0.3 is 0 Å². The van der Waals surface area contributed by atoms with Crippen molar-refractivity contribution in [3.8, 4) is 0 Å². The largest absolute Gasteiger partial charge is 0.380 e. The Labute approximate surface area is 96.3 Å². The van der Waals surface area contributed by atoms with E-state index in [4.69, 9.17) is 10.5 Å². The second kappa shape index (κ2) is 5.43. The van der Waals surface area contributed by atoms with Crippen molar-refractivity contribution in [2.75, 3.05) is 19.5 Å². The summed E-state index contributed by atoms with van der Waals surface area (Å²) in [7, 11) is -3.13. The van der Waals surface area contributed by atoms with Crippen LogP contribution >= 0.6 is 0 Å². The quantitative estimate of drug-likeness (QED) is 0.841. The molecule has 1 atom stereocenters. The van der Waals surface area contributed by atoms with E-state index < -0.39 is 9.84 Å². The fraction of sp³-hybridized carbons (Fsp3) is 0.455. The maximum atomic E-state index is 11.2. The number of nitrogens with two attached hydrogens (primary N) is 1. The molecule has 1 aromatic carbocycles. The molecule has 0 aliphatic rings. The van der Waals surface area contributed by atoms with E-state index in [0.29, 0.717) is 18.1 Å². The maximum absolute atomic E-state index is 11.2. The minimum atomic E-state index is -3.13. The number of benzene rings is 1. The van der Waals surface area contributed by atoms with Crippen molar-refractivity contribution in [3.05, 3.63) is 29.8 Å². The molecule has 0 bridgehead atoms. The zero-order chi connectivity index (χ0) is 12.2. The standard InChI is InChI=1S/C11H17NO3S/c1-3-15-8-11(12)9-4-6-10(7-5-9)16(2,13)14/h4-7,11H,3,8,12H2,1-2H3. The summed E-state index contributed by atoms with van der Waals surface area (Å²) < 4.78 is 27.7. The summed E-state index contributed by atoms with van der Waals surface area (Å²) in [4.78, 5) is 0.305. The van der Waals surface area contributed by atoms with E-state index in [1.165, 1.54) is 6.26 Å². The Morgan fingerprint density at radius 1 is 1.31 bits per heavy atom. The highest BCUT2D eigenvalue weighted by Crippen LogP contribution is 2.15. The van der Waals surface area contributed by atoms with Gasteiger partial charge in [-0.1, -0.05) is 12.1 Å². The summed E-state index contributed by atoms with van der Waals surface area (Å²) in [5.74, 6) is 0. The smallest absolute Gasteiger partial charge is 0.175 e. The van der Waals surface area contributed by atoms with Gasteiger partial charge in [-0.05, 0) is 24.6 Å². The van der Waals surface area contributed by atoms with Crippen LogP contribution in [0.1, 0.15) is 18.5 Å². The molecule has 1 rings (SSSR count). The third-order valence-electron chi connectivity index (χ3n) is 2.24. The minimum Gasteiger partial charge on any atom is -0.380 e. The van der Waals surface area contributed by atoms with Crippen LogP contribution in [-0.4, -0.2) is 27.9 Å². The first kappa shape index (κ1) is 13.2. The van der Waals surface area contributed by atoms with Gasteiger partial charge in [0.05, 0.1) is 17.5 Å². The van der Waals surface area contributed by atoms with Crippen molar-refractivity contribution in [1.82, 2.24) is 0 Å². The van der Waals surface area contributed by atoms with E-state index >= 15 is 0 Å². The number of hydrogen-bond acceptors (Lipinski definition) is 4. The molecule has 16 heavy (non-hydrogen) atoms. The first-order valence-electron chi connectivity index (χ1n) is 5.08. The Kier molecular flexibility index (Phi) is 4.46. The van der Waals surface area contributed by atoms with Crippen molar-refractivity contribution >= 4 is 9.84 Å². The van der Waals surface area contributed by atoms with Crippen molar-refractivity contribution in [2.24, 2.45) is 5.73 Å². The Hall–Kier alpha value is -0.910. The number of sulfone groups is 1. The molecular weight excluding hydrogens is 226 g/mol. The summed E-state index contributed by atoms with van der Waals surface area (Å²) in [6, 6.07) is 6.36. The van der Waals surface area contributed by atoms with Crippen LogP contribution in [-0.2, 0) is 14.6 Å². The van der Waals surface area contributed by atoms with Gasteiger partial charge in [-0.15, -0.1) is 0 Å². The Morgan fingerprint density at radius 2 is 1.88 bits per heavy atom. The van der Waals surface area contributed by atoms with Crippen LogP contribution in [0.25, 0.3) is 0 Å². The molecule has 0 saturated heterocycles. The lowest BCUT2D eigenvalue weighted by molar-refractivity contribution is 0.133. The fourth-order valence-electron chi connectivity index (χ4n) is 1.30. The van der Waals surface area contributed by atoms with Gasteiger partial charge in [0, 0.05) is 12.9 Å². The zero-order valence-corrected chi connectivity index (χ0v) is 10.3. The fourth-order valence-corrected chi connectivity index (χ4v) is 1.93. The monoisotopic (exact) mass is 243 g/mol. The van der Waals surface area contributed by atoms with E-state index in [0.717, 1.165) is 5.56 Å². The predicted octanol–water partition coefficient (Wildman–Crippen LogP) is 1.13. The van der Waals surface area contributed by atoms with Crippen molar-refractivity contribution in [2.45, 2.75) is 17.9 Å². The Morgan fingerprint density at radius 3 is 2.31 bits per heavy atom. The molecule has 0 radical (unpaired) electrons. The first-order valence-corrected chi connectivity index (χ1v) is 6.97. The molecule has 0 saturated carbocycles. The van der Waals surface area contributed by atoms with Crippen molar-refractivity contribution in [3.63, 3.8) is 0 Å². The van der Waals surface area contributed by atoms with Gasteiger partial charge in [0.25, 0.3) is 0 Å². The topological polar surface area (TPSA) is 69.4 Å². The summed E-state index contributed by atoms with van der Waals surface area (Å²) in [5.41, 5.74) is 6.74. The highest BCUT2D eigenvalue weighted by molar-refractivity contribution is 7.90. The molecule has 0 spiro atoms. The summed E-state index contributed by atoms with van der Waals surface area (Å²) >= 11 is 0. The van der Waals surface area contributed by atoms with Gasteiger partial charge in [0.15, 0.2) is 9.84 Å². The lowest BCUT2D eigenvalue weighted by atomic mass is 10.1. The van der Waals surface area contributed by atoms with Gasteiger partial charge in [-0.2, -0.15) is 0 Å². The molecular formula is C11H17NO3S. The molecule has 0 fully saturated rings. The maximum Gasteiger partial charge on any atom is 0.175 e. The molecule has 1 aromatic rings. The molecule has 0 aliphatic carbocycles. The van der Waals surface area contributed by atoms with Crippen LogP contribution in [0.5, 0.6) is 0 Å². The number of ether oxygens (including phenoxy) is 1. The summed E-state index contributed by atoms with van der Waals surface area (Å²) in [6.07, 6.45) is 1.18. The highest BCUT2D eigenvalue weighted by Gasteiger charge is 2.09. The van der Waals surface area contributed by atoms with Crippen LogP contribution in [0.15, 0.2) is 29.2 Å². The van der Waals surface area contributed by atoms with Gasteiger partial charge < -0.3 is 10.5 Å². The average molecular weight is 243 g/mol. The number of hydrogen-bond donors (Lipinski definition) is 1. The number of rotatable bonds is 5. The van der Waals surface area contributed by atoms with Crippen molar-refractivity contribution < 1.29 is 13.2 Å². The molecule has 0 aromatic heterocycles. The van der Waals surface area contributed by atoms with Crippen LogP contribution < -0.4 is 5.73 Å². The molecule has 1 unspecified atom stereocenters. The van der Waals surface area contributed by atoms with Crippen LogP contribution in [0, 0.1) is 0 Å². The van der Waals surface area contributed by atoms with Gasteiger partial charge in [0.1, 0.15) is 0 Å². The van der Waals surface area contributed by atoms with E-state index in [9.17, 15) is 8.42 Å². The van der Waals surface area contributed by atoms with Gasteiger partial charge in [-0.25, -0.2) is 8.42 Å². The third kappa shape index (κ3) is 3.59. The SMILES string of the molecule is CCOCC(N)c1ccc(S(C)(=O)=O)cc1. The highest BCUT2D eigenvalue weighted by atomic mass is 32.2. The minimum absolute atomic E-state index is 0.214. The lowest BCUT2D eigenvalue weighted by Crippen LogP contribution is -2.17. The van der Waals surface area contributed by atoms with E-state index in [1.54, 1.807) is 24.3 Å². The van der Waals surface area contributed by atoms with Crippen LogP contribution in [0.3, 0.4) is 0 Å². The van der Waals surface area contributed by atoms with Crippen molar-refractivity contribution in [1.29, 1.82) is 0 Å². The second-order valence-electron chi connectivity index (χ2n) is 3.61. The molecule has 90 valence electrons. The van der Waals surface area contributed by atoms with E-state index in [2.05, 4.69) is 0 Å². The molecule has 0 heterocycles. The lowest BCUT2D eigenvalue weighted by Gasteiger charge is -2.12. The summed E-state index contributed by atoms with van der Waals surface area (Å²) in [6.45, 7) is 2.96. The molecule has 2 N–H and O–H groups in total. The first-order chi connectivity index (χ1) is 7.45. The predicted molar refractivity (Wildman–Crippen MR) is 63.0 cm³/mol. The van der Waals surface area contributed by atoms with Gasteiger partial charge in [0.2, 0.25) is 0 Å². The van der Waals surface area contributed by atoms with E-state index in [1.807, 2.05) is 6.92 Å². The Bertz CT molecular complexity index is 425. The van der Waals surface area contributed by atoms with E-state index in [-0.39, 0.29) is 6.04 Å². The zero-order valence-electron chi connectivity index (χ0n) is 9.51. The van der Waals surface area contributed by atoms with Crippen LogP contribution in [0.4, 0.5) is 0 Å². The summed E-state index contributed by atoms with van der Waals surface area (Å²) in [5, 5.41) is 0. The second-order valence-corrected chi connectivity index (χ2v) is 5.62. The molecule has 4 nitrogen and oxygen atoms in total. The normalized spacial score (nSPS) is 13.7. The van der Waals surface area contributed by atoms with Gasteiger partial charge in [-0.3, -0.25) is 0 Å². The average Bonchev–Trinajstić information content (AvgIpc) is 2.25. The molecule has 0 aliphatic heterocycles. The third-order valence-corrected chi connectivity index (χ3v) is 3.37. The molecule has 0 amide bonds. The Balaban J connectivity index is 2.79.